The predicted molar refractivity (Wildman–Crippen MR) is 74.9 cm³/mol. The normalized spacial score (nSPS) is 12.0. The minimum absolute atomic E-state index is 0.0478. The molecule has 0 amide bonds. The number of rotatable bonds is 4. The molecule has 2 rings (SSSR count). The van der Waals surface area contributed by atoms with E-state index < -0.39 is 16.8 Å². The lowest BCUT2D eigenvalue weighted by Crippen LogP contribution is -1.99. The number of ether oxygens (including phenoxy) is 1. The van der Waals surface area contributed by atoms with Crippen molar-refractivity contribution in [2.24, 2.45) is 0 Å². The Morgan fingerprint density at radius 1 is 1.29 bits per heavy atom. The highest BCUT2D eigenvalue weighted by Gasteiger charge is 2.14. The number of nitro groups is 1. The number of non-ortho nitro benzene ring substituents is 1. The third-order valence-electron chi connectivity index (χ3n) is 3.02. The van der Waals surface area contributed by atoms with Crippen LogP contribution in [0.4, 0.5) is 10.1 Å². The van der Waals surface area contributed by atoms with Crippen molar-refractivity contribution < 1.29 is 19.2 Å². The van der Waals surface area contributed by atoms with Crippen LogP contribution in [0.15, 0.2) is 36.4 Å². The molecule has 0 aliphatic rings. The minimum atomic E-state index is -0.895. The molecule has 0 fully saturated rings. The average molecular weight is 291 g/mol. The fraction of sp³-hybridized carbons (Fsp3) is 0.200. The van der Waals surface area contributed by atoms with Gasteiger partial charge in [0.25, 0.3) is 5.69 Å². The van der Waals surface area contributed by atoms with Crippen molar-refractivity contribution in [3.05, 3.63) is 63.5 Å². The van der Waals surface area contributed by atoms with Crippen LogP contribution in [0.5, 0.6) is 11.5 Å². The average Bonchev–Trinajstić information content (AvgIpc) is 2.43. The monoisotopic (exact) mass is 291 g/mol. The van der Waals surface area contributed by atoms with Gasteiger partial charge >= 0.3 is 0 Å². The van der Waals surface area contributed by atoms with Gasteiger partial charge < -0.3 is 9.84 Å². The van der Waals surface area contributed by atoms with Crippen LogP contribution in [0.2, 0.25) is 0 Å². The third kappa shape index (κ3) is 3.35. The number of hydrogen-bond acceptors (Lipinski definition) is 4. The SMILES string of the molecule is Cc1cc(Oc2ccc([N+](=O)[O-])cc2)c([C@H](C)O)cc1F. The fourth-order valence-electron chi connectivity index (χ4n) is 1.85. The van der Waals surface area contributed by atoms with Crippen LogP contribution < -0.4 is 4.74 Å². The van der Waals surface area contributed by atoms with Crippen molar-refractivity contribution in [2.45, 2.75) is 20.0 Å². The van der Waals surface area contributed by atoms with Gasteiger partial charge in [-0.15, -0.1) is 0 Å². The van der Waals surface area contributed by atoms with E-state index in [-0.39, 0.29) is 5.69 Å². The number of halogens is 1. The molecule has 0 saturated heterocycles. The molecule has 0 radical (unpaired) electrons. The molecule has 0 heterocycles. The van der Waals surface area contributed by atoms with Gasteiger partial charge in [-0.1, -0.05) is 0 Å². The summed E-state index contributed by atoms with van der Waals surface area (Å²) in [7, 11) is 0. The molecule has 110 valence electrons. The number of aliphatic hydroxyl groups is 1. The Balaban J connectivity index is 2.34. The smallest absolute Gasteiger partial charge is 0.269 e. The molecule has 5 nitrogen and oxygen atoms in total. The van der Waals surface area contributed by atoms with Gasteiger partial charge in [0.1, 0.15) is 17.3 Å². The highest BCUT2D eigenvalue weighted by molar-refractivity contribution is 5.44. The lowest BCUT2D eigenvalue weighted by Gasteiger charge is -2.14. The molecule has 0 aliphatic heterocycles. The predicted octanol–water partition coefficient (Wildman–Crippen LogP) is 3.89. The zero-order valence-electron chi connectivity index (χ0n) is 11.5. The van der Waals surface area contributed by atoms with E-state index in [1.165, 1.54) is 43.3 Å². The molecule has 1 atom stereocenters. The van der Waals surface area contributed by atoms with E-state index in [4.69, 9.17) is 4.74 Å². The molecule has 0 spiro atoms. The van der Waals surface area contributed by atoms with Gasteiger partial charge in [-0.2, -0.15) is 0 Å². The molecule has 0 unspecified atom stereocenters. The number of benzene rings is 2. The molecular weight excluding hydrogens is 277 g/mol. The summed E-state index contributed by atoms with van der Waals surface area (Å²) in [5, 5.41) is 20.3. The van der Waals surface area contributed by atoms with Crippen molar-refractivity contribution in [1.29, 1.82) is 0 Å². The van der Waals surface area contributed by atoms with E-state index in [9.17, 15) is 19.6 Å². The maximum atomic E-state index is 13.6. The van der Waals surface area contributed by atoms with Crippen LogP contribution in [0.3, 0.4) is 0 Å². The van der Waals surface area contributed by atoms with Crippen LogP contribution >= 0.6 is 0 Å². The zero-order chi connectivity index (χ0) is 15.6. The third-order valence-corrected chi connectivity index (χ3v) is 3.02. The number of nitro benzene ring substituents is 1. The number of nitrogens with zero attached hydrogens (tertiary/aromatic N) is 1. The summed E-state index contributed by atoms with van der Waals surface area (Å²) in [6.45, 7) is 3.09. The van der Waals surface area contributed by atoms with Crippen molar-refractivity contribution in [3.63, 3.8) is 0 Å². The Kier molecular flexibility index (Phi) is 4.18. The van der Waals surface area contributed by atoms with Crippen LogP contribution in [-0.2, 0) is 0 Å². The first-order chi connectivity index (χ1) is 9.88. The zero-order valence-corrected chi connectivity index (χ0v) is 11.5. The van der Waals surface area contributed by atoms with E-state index in [1.807, 2.05) is 0 Å². The lowest BCUT2D eigenvalue weighted by molar-refractivity contribution is -0.384. The number of aryl methyl sites for hydroxylation is 1. The second-order valence-corrected chi connectivity index (χ2v) is 4.67. The van der Waals surface area contributed by atoms with Gasteiger partial charge in [0.2, 0.25) is 0 Å². The maximum Gasteiger partial charge on any atom is 0.269 e. The quantitative estimate of drug-likeness (QED) is 0.685. The Labute approximate surface area is 120 Å². The first kappa shape index (κ1) is 14.9. The molecule has 0 aromatic heterocycles. The first-order valence-electron chi connectivity index (χ1n) is 6.29. The molecular formula is C15H14FNO4. The summed E-state index contributed by atoms with van der Waals surface area (Å²) in [4.78, 5) is 10.1. The van der Waals surface area contributed by atoms with Gasteiger partial charge in [0.15, 0.2) is 0 Å². The van der Waals surface area contributed by atoms with Crippen LogP contribution in [0, 0.1) is 22.9 Å². The highest BCUT2D eigenvalue weighted by atomic mass is 19.1. The standard InChI is InChI=1S/C15H14FNO4/c1-9-7-15(13(10(2)18)8-14(9)16)21-12-5-3-11(4-6-12)17(19)20/h3-8,10,18H,1-2H3/t10-/m0/s1. The lowest BCUT2D eigenvalue weighted by atomic mass is 10.1. The molecule has 21 heavy (non-hydrogen) atoms. The summed E-state index contributed by atoms with van der Waals surface area (Å²) < 4.78 is 19.2. The van der Waals surface area contributed by atoms with Crippen LogP contribution in [0.25, 0.3) is 0 Å². The molecule has 2 aromatic carbocycles. The Morgan fingerprint density at radius 3 is 2.43 bits per heavy atom. The maximum absolute atomic E-state index is 13.6. The minimum Gasteiger partial charge on any atom is -0.457 e. The van der Waals surface area contributed by atoms with Gasteiger partial charge in [-0.3, -0.25) is 10.1 Å². The van der Waals surface area contributed by atoms with Gasteiger partial charge in [-0.05, 0) is 43.7 Å². The number of aliphatic hydroxyl groups excluding tert-OH is 1. The molecule has 0 bridgehead atoms. The van der Waals surface area contributed by atoms with Gasteiger partial charge in [0, 0.05) is 17.7 Å². The van der Waals surface area contributed by atoms with Crippen molar-refractivity contribution in [2.75, 3.05) is 0 Å². The van der Waals surface area contributed by atoms with Crippen LogP contribution in [0.1, 0.15) is 24.2 Å². The van der Waals surface area contributed by atoms with Crippen molar-refractivity contribution in [3.8, 4) is 11.5 Å². The van der Waals surface area contributed by atoms with Crippen LogP contribution in [-0.4, -0.2) is 10.0 Å². The summed E-state index contributed by atoms with van der Waals surface area (Å²) >= 11 is 0. The summed E-state index contributed by atoms with van der Waals surface area (Å²) in [5.74, 6) is 0.258. The van der Waals surface area contributed by atoms with E-state index in [0.29, 0.717) is 22.6 Å². The molecule has 0 aliphatic carbocycles. The summed E-state index contributed by atoms with van der Waals surface area (Å²) in [5.41, 5.74) is 0.654. The van der Waals surface area contributed by atoms with E-state index in [1.54, 1.807) is 6.92 Å². The Morgan fingerprint density at radius 2 is 1.90 bits per heavy atom. The fourth-order valence-corrected chi connectivity index (χ4v) is 1.85. The summed E-state index contributed by atoms with van der Waals surface area (Å²) in [6.07, 6.45) is -0.895. The Bertz CT molecular complexity index is 668. The summed E-state index contributed by atoms with van der Waals surface area (Å²) in [6, 6.07) is 8.23. The highest BCUT2D eigenvalue weighted by Crippen LogP contribution is 2.32. The molecule has 6 heteroatoms. The Hall–Kier alpha value is -2.47. The topological polar surface area (TPSA) is 72.6 Å². The van der Waals surface area contributed by atoms with E-state index in [2.05, 4.69) is 0 Å². The number of hydrogen-bond donors (Lipinski definition) is 1. The second kappa shape index (κ2) is 5.88. The molecule has 1 N–H and O–H groups in total. The molecule has 2 aromatic rings. The largest absolute Gasteiger partial charge is 0.457 e. The van der Waals surface area contributed by atoms with E-state index >= 15 is 0 Å². The van der Waals surface area contributed by atoms with E-state index in [0.717, 1.165) is 0 Å². The van der Waals surface area contributed by atoms with Gasteiger partial charge in [-0.25, -0.2) is 4.39 Å². The van der Waals surface area contributed by atoms with Gasteiger partial charge in [0.05, 0.1) is 11.0 Å². The van der Waals surface area contributed by atoms with Crippen molar-refractivity contribution >= 4 is 5.69 Å². The first-order valence-corrected chi connectivity index (χ1v) is 6.29. The molecule has 0 saturated carbocycles. The van der Waals surface area contributed by atoms with Crippen molar-refractivity contribution in [1.82, 2.24) is 0 Å². The second-order valence-electron chi connectivity index (χ2n) is 4.67.